The smallest absolute Gasteiger partial charge is 0.309 e. The van der Waals surface area contributed by atoms with Crippen molar-refractivity contribution in [2.75, 3.05) is 26.4 Å². The zero-order chi connectivity index (χ0) is 51.1. The van der Waals surface area contributed by atoms with Crippen molar-refractivity contribution in [3.8, 4) is 0 Å². The van der Waals surface area contributed by atoms with Crippen LogP contribution in [0.4, 0.5) is 0 Å². The number of aliphatic hydroxyl groups excluding tert-OH is 2. The lowest BCUT2D eigenvalue weighted by molar-refractivity contribution is -0.155. The van der Waals surface area contributed by atoms with E-state index in [1.54, 1.807) is 0 Å². The molecule has 0 aliphatic carbocycles. The standard InChI is InChI=1S/C65H124O6/c1-2-3-4-5-6-7-8-9-10-11-12-13-14-15-16-17-18-19-20-21-22-23-24-25-26-27-28-29-30-31-32-33-34-35-36-37-38-39-40-41-42-43-44-45-46-47-48-49-50-51-52-53-54-55-56-62-57-63(68)70-60-65(58-66,59-67)61-71-64(62)69/h7-8,62,66-67H,2-6,9-61H2,1H3/b8-7+. The molecule has 0 saturated carbocycles. The molecule has 1 fully saturated rings. The minimum Gasteiger partial charge on any atom is -0.465 e. The first kappa shape index (κ1) is 67.6. The second-order valence-corrected chi connectivity index (χ2v) is 23.1. The topological polar surface area (TPSA) is 93.1 Å². The summed E-state index contributed by atoms with van der Waals surface area (Å²) in [5.41, 5.74) is -1.12. The van der Waals surface area contributed by atoms with Gasteiger partial charge < -0.3 is 19.7 Å². The Kier molecular flexibility index (Phi) is 52.2. The number of carbonyl (C=O) groups excluding carboxylic acids is 2. The maximum absolute atomic E-state index is 12.5. The average Bonchev–Trinajstić information content (AvgIpc) is 3.44. The number of hydrogen-bond acceptors (Lipinski definition) is 6. The summed E-state index contributed by atoms with van der Waals surface area (Å²) in [5.74, 6) is -1.40. The molecule has 1 unspecified atom stereocenters. The van der Waals surface area contributed by atoms with Gasteiger partial charge in [0, 0.05) is 0 Å². The predicted molar refractivity (Wildman–Crippen MR) is 306 cm³/mol. The number of allylic oxidation sites excluding steroid dienone is 2. The van der Waals surface area contributed by atoms with E-state index in [1.807, 2.05) is 0 Å². The first-order chi connectivity index (χ1) is 35.1. The minimum atomic E-state index is -1.12. The van der Waals surface area contributed by atoms with Crippen LogP contribution < -0.4 is 0 Å². The van der Waals surface area contributed by atoms with Crippen LogP contribution in [0.1, 0.15) is 354 Å². The van der Waals surface area contributed by atoms with Gasteiger partial charge in [-0.2, -0.15) is 0 Å². The van der Waals surface area contributed by atoms with Crippen LogP contribution in [0.15, 0.2) is 12.2 Å². The fourth-order valence-electron chi connectivity index (χ4n) is 10.8. The van der Waals surface area contributed by atoms with Crippen LogP contribution in [0.5, 0.6) is 0 Å². The van der Waals surface area contributed by atoms with Crippen molar-refractivity contribution in [1.82, 2.24) is 0 Å². The molecular formula is C65H124O6. The van der Waals surface area contributed by atoms with Crippen LogP contribution in [-0.4, -0.2) is 48.6 Å². The first-order valence-corrected chi connectivity index (χ1v) is 32.3. The van der Waals surface area contributed by atoms with Crippen LogP contribution in [0, 0.1) is 11.3 Å². The van der Waals surface area contributed by atoms with Gasteiger partial charge in [0.1, 0.15) is 13.2 Å². The van der Waals surface area contributed by atoms with Gasteiger partial charge in [-0.15, -0.1) is 0 Å². The zero-order valence-corrected chi connectivity index (χ0v) is 47.8. The third-order valence-electron chi connectivity index (χ3n) is 16.0. The Morgan fingerprint density at radius 2 is 0.606 bits per heavy atom. The van der Waals surface area contributed by atoms with E-state index in [4.69, 9.17) is 9.47 Å². The molecule has 420 valence electrons. The Morgan fingerprint density at radius 1 is 0.366 bits per heavy atom. The summed E-state index contributed by atoms with van der Waals surface area (Å²) in [6.45, 7) is 1.20. The molecule has 1 heterocycles. The van der Waals surface area contributed by atoms with Crippen LogP contribution in [-0.2, 0) is 19.1 Å². The van der Waals surface area contributed by atoms with E-state index in [-0.39, 0.29) is 19.6 Å². The Hall–Kier alpha value is -1.40. The quantitative estimate of drug-likeness (QED) is 0.0358. The normalized spacial score (nSPS) is 15.3. The monoisotopic (exact) mass is 1000 g/mol. The van der Waals surface area contributed by atoms with E-state index in [2.05, 4.69) is 19.1 Å². The van der Waals surface area contributed by atoms with E-state index in [9.17, 15) is 19.8 Å². The van der Waals surface area contributed by atoms with Crippen molar-refractivity contribution < 1.29 is 29.3 Å². The lowest BCUT2D eigenvalue weighted by Crippen LogP contribution is -2.40. The van der Waals surface area contributed by atoms with Gasteiger partial charge >= 0.3 is 11.9 Å². The minimum absolute atomic E-state index is 0.00520. The molecule has 0 aromatic heterocycles. The summed E-state index contributed by atoms with van der Waals surface area (Å²) >= 11 is 0. The van der Waals surface area contributed by atoms with E-state index >= 15 is 0 Å². The SMILES string of the molecule is CCCCCC/C=C/CCCCCCCCCCCCCCCCCCCCCCCCCCCCCCCCCCCCCCCCCCCCCCCCC1CC(=O)OCC(CO)(CO)COC1=O. The van der Waals surface area contributed by atoms with Gasteiger partial charge in [-0.3, -0.25) is 9.59 Å². The number of unbranched alkanes of at least 4 members (excludes halogenated alkanes) is 50. The molecule has 1 atom stereocenters. The highest BCUT2D eigenvalue weighted by molar-refractivity contribution is 5.80. The van der Waals surface area contributed by atoms with Crippen LogP contribution >= 0.6 is 0 Å². The molecule has 6 heteroatoms. The van der Waals surface area contributed by atoms with Gasteiger partial charge in [-0.05, 0) is 32.1 Å². The number of ether oxygens (including phenoxy) is 2. The van der Waals surface area contributed by atoms with Crippen molar-refractivity contribution in [3.05, 3.63) is 12.2 Å². The summed E-state index contributed by atoms with van der Waals surface area (Å²) in [5, 5.41) is 19.2. The van der Waals surface area contributed by atoms with Crippen molar-refractivity contribution in [1.29, 1.82) is 0 Å². The van der Waals surface area contributed by atoms with Gasteiger partial charge in [0.2, 0.25) is 0 Å². The Bertz CT molecular complexity index is 1120. The lowest BCUT2D eigenvalue weighted by atomic mass is 9.92. The van der Waals surface area contributed by atoms with E-state index in [0.717, 1.165) is 19.3 Å². The van der Waals surface area contributed by atoms with Crippen LogP contribution in [0.2, 0.25) is 0 Å². The van der Waals surface area contributed by atoms with E-state index < -0.39 is 36.5 Å². The van der Waals surface area contributed by atoms with Gasteiger partial charge in [0.15, 0.2) is 0 Å². The van der Waals surface area contributed by atoms with Crippen LogP contribution in [0.3, 0.4) is 0 Å². The Balaban J connectivity index is 1.67. The lowest BCUT2D eigenvalue weighted by Gasteiger charge is -2.27. The molecule has 1 saturated heterocycles. The van der Waals surface area contributed by atoms with E-state index in [0.29, 0.717) is 6.42 Å². The average molecular weight is 1000 g/mol. The Morgan fingerprint density at radius 3 is 0.873 bits per heavy atom. The maximum atomic E-state index is 12.5. The molecule has 71 heavy (non-hydrogen) atoms. The third-order valence-corrected chi connectivity index (χ3v) is 16.0. The number of esters is 2. The van der Waals surface area contributed by atoms with Crippen LogP contribution in [0.25, 0.3) is 0 Å². The summed E-state index contributed by atoms with van der Waals surface area (Å²) in [7, 11) is 0. The summed E-state index contributed by atoms with van der Waals surface area (Å²) in [6, 6.07) is 0. The molecular weight excluding hydrogens is 877 g/mol. The number of aliphatic hydroxyl groups is 2. The largest absolute Gasteiger partial charge is 0.465 e. The highest BCUT2D eigenvalue weighted by atomic mass is 16.6. The van der Waals surface area contributed by atoms with Gasteiger partial charge in [-0.1, -0.05) is 327 Å². The van der Waals surface area contributed by atoms with E-state index in [1.165, 1.54) is 315 Å². The second kappa shape index (κ2) is 54.8. The van der Waals surface area contributed by atoms with Gasteiger partial charge in [-0.25, -0.2) is 0 Å². The molecule has 0 spiro atoms. The van der Waals surface area contributed by atoms with Crippen molar-refractivity contribution in [2.24, 2.45) is 11.3 Å². The molecule has 6 nitrogen and oxygen atoms in total. The van der Waals surface area contributed by atoms with Gasteiger partial charge in [0.25, 0.3) is 0 Å². The molecule has 2 N–H and O–H groups in total. The zero-order valence-electron chi connectivity index (χ0n) is 47.8. The maximum Gasteiger partial charge on any atom is 0.309 e. The summed E-state index contributed by atoms with van der Waals surface area (Å²) in [4.78, 5) is 24.7. The first-order valence-electron chi connectivity index (χ1n) is 32.3. The van der Waals surface area contributed by atoms with Crippen molar-refractivity contribution in [2.45, 2.75) is 354 Å². The molecule has 1 aliphatic heterocycles. The fourth-order valence-corrected chi connectivity index (χ4v) is 10.8. The van der Waals surface area contributed by atoms with Crippen molar-refractivity contribution in [3.63, 3.8) is 0 Å². The number of hydrogen-bond donors (Lipinski definition) is 2. The number of carbonyl (C=O) groups is 2. The number of cyclic esters (lactones) is 2. The second-order valence-electron chi connectivity index (χ2n) is 23.1. The highest BCUT2D eigenvalue weighted by Crippen LogP contribution is 2.25. The highest BCUT2D eigenvalue weighted by Gasteiger charge is 2.36. The number of rotatable bonds is 56. The Labute approximate surface area is 443 Å². The predicted octanol–water partition coefficient (Wildman–Crippen LogP) is 20.3. The molecule has 0 aromatic carbocycles. The van der Waals surface area contributed by atoms with Crippen molar-refractivity contribution >= 4 is 11.9 Å². The molecule has 0 aromatic rings. The summed E-state index contributed by atoms with van der Waals surface area (Å²) in [6.07, 6.45) is 78.7. The molecule has 0 bridgehead atoms. The molecule has 0 radical (unpaired) electrons. The van der Waals surface area contributed by atoms with Gasteiger partial charge in [0.05, 0.1) is 31.0 Å². The molecule has 1 aliphatic rings. The summed E-state index contributed by atoms with van der Waals surface area (Å²) < 4.78 is 10.6. The molecule has 1 rings (SSSR count). The fraction of sp³-hybridized carbons (Fsp3) is 0.938. The third kappa shape index (κ3) is 46.8. The molecule has 0 amide bonds.